The monoisotopic (exact) mass is 398 g/mol. The first-order valence-corrected chi connectivity index (χ1v) is 9.11. The summed E-state index contributed by atoms with van der Waals surface area (Å²) in [6, 6.07) is 8.59. The van der Waals surface area contributed by atoms with E-state index in [1.54, 1.807) is 0 Å². The van der Waals surface area contributed by atoms with Gasteiger partial charge in [-0.15, -0.1) is 0 Å². The third-order valence-corrected chi connectivity index (χ3v) is 5.70. The first-order chi connectivity index (χ1) is 10.3. The largest absolute Gasteiger partial charge is 0.338 e. The van der Waals surface area contributed by atoms with Gasteiger partial charge >= 0.3 is 0 Å². The Morgan fingerprint density at radius 2 is 1.67 bits per heavy atom. The highest BCUT2D eigenvalue weighted by molar-refractivity contribution is 14.1. The van der Waals surface area contributed by atoms with Crippen molar-refractivity contribution in [3.63, 3.8) is 0 Å². The molecule has 21 heavy (non-hydrogen) atoms. The molecule has 1 amide bonds. The molecule has 1 aromatic carbocycles. The molecule has 2 saturated heterocycles. The molecule has 3 rings (SSSR count). The van der Waals surface area contributed by atoms with Crippen molar-refractivity contribution in [2.24, 2.45) is 0 Å². The van der Waals surface area contributed by atoms with Crippen molar-refractivity contribution in [1.82, 2.24) is 9.80 Å². The van der Waals surface area contributed by atoms with Crippen molar-refractivity contribution in [1.29, 1.82) is 0 Å². The van der Waals surface area contributed by atoms with E-state index in [-0.39, 0.29) is 5.91 Å². The quantitative estimate of drug-likeness (QED) is 0.714. The molecule has 0 N–H and O–H groups in total. The molecule has 2 aliphatic rings. The lowest BCUT2D eigenvalue weighted by Gasteiger charge is -2.40. The van der Waals surface area contributed by atoms with Gasteiger partial charge in [0, 0.05) is 22.7 Å². The SMILES string of the molecule is O=C(c1ccccc1I)N1CCC(N2CCCCC2)CC1. The average Bonchev–Trinajstić information content (AvgIpc) is 2.56. The number of carbonyl (C=O) groups excluding carboxylic acids is 1. The Kier molecular flexibility index (Phi) is 5.16. The molecule has 114 valence electrons. The van der Waals surface area contributed by atoms with Gasteiger partial charge in [0.15, 0.2) is 0 Å². The van der Waals surface area contributed by atoms with Crippen LogP contribution in [0, 0.1) is 3.57 Å². The first kappa shape index (κ1) is 15.3. The number of rotatable bonds is 2. The van der Waals surface area contributed by atoms with E-state index in [1.165, 1.54) is 32.4 Å². The van der Waals surface area contributed by atoms with Crippen molar-refractivity contribution < 1.29 is 4.79 Å². The number of hydrogen-bond acceptors (Lipinski definition) is 2. The number of piperidine rings is 2. The Morgan fingerprint density at radius 3 is 2.33 bits per heavy atom. The fourth-order valence-electron chi connectivity index (χ4n) is 3.52. The molecule has 1 aromatic rings. The van der Waals surface area contributed by atoms with Gasteiger partial charge in [-0.1, -0.05) is 18.6 Å². The molecular weight excluding hydrogens is 375 g/mol. The van der Waals surface area contributed by atoms with Crippen molar-refractivity contribution in [2.75, 3.05) is 26.2 Å². The lowest BCUT2D eigenvalue weighted by atomic mass is 9.99. The van der Waals surface area contributed by atoms with E-state index in [4.69, 9.17) is 0 Å². The lowest BCUT2D eigenvalue weighted by molar-refractivity contribution is 0.0589. The molecule has 2 aliphatic heterocycles. The van der Waals surface area contributed by atoms with Crippen LogP contribution in [0.5, 0.6) is 0 Å². The predicted molar refractivity (Wildman–Crippen MR) is 93.5 cm³/mol. The second-order valence-corrected chi connectivity index (χ2v) is 7.26. The summed E-state index contributed by atoms with van der Waals surface area (Å²) in [7, 11) is 0. The van der Waals surface area contributed by atoms with Crippen molar-refractivity contribution >= 4 is 28.5 Å². The Hall–Kier alpha value is -0.620. The maximum atomic E-state index is 12.6. The van der Waals surface area contributed by atoms with Crippen LogP contribution in [0.25, 0.3) is 0 Å². The summed E-state index contributed by atoms with van der Waals surface area (Å²) in [5.74, 6) is 0.206. The number of nitrogens with zero attached hydrogens (tertiary/aromatic N) is 2. The van der Waals surface area contributed by atoms with E-state index in [0.29, 0.717) is 6.04 Å². The third-order valence-electron chi connectivity index (χ3n) is 4.76. The third kappa shape index (κ3) is 3.59. The number of benzene rings is 1. The van der Waals surface area contributed by atoms with E-state index >= 15 is 0 Å². The van der Waals surface area contributed by atoms with Gasteiger partial charge in [0.25, 0.3) is 5.91 Å². The molecule has 4 heteroatoms. The Morgan fingerprint density at radius 1 is 1.00 bits per heavy atom. The Labute approximate surface area is 140 Å². The van der Waals surface area contributed by atoms with Crippen LogP contribution in [-0.2, 0) is 0 Å². The predicted octanol–water partition coefficient (Wildman–Crippen LogP) is 3.38. The van der Waals surface area contributed by atoms with Gasteiger partial charge in [0.05, 0.1) is 5.56 Å². The smallest absolute Gasteiger partial charge is 0.254 e. The minimum absolute atomic E-state index is 0.206. The topological polar surface area (TPSA) is 23.6 Å². The summed E-state index contributed by atoms with van der Waals surface area (Å²) in [5.41, 5.74) is 0.856. The summed E-state index contributed by atoms with van der Waals surface area (Å²) >= 11 is 2.26. The highest BCUT2D eigenvalue weighted by Crippen LogP contribution is 2.23. The van der Waals surface area contributed by atoms with Crippen LogP contribution < -0.4 is 0 Å². The van der Waals surface area contributed by atoms with Crippen LogP contribution in [0.15, 0.2) is 24.3 Å². The van der Waals surface area contributed by atoms with Crippen molar-refractivity contribution in [3.05, 3.63) is 33.4 Å². The van der Waals surface area contributed by atoms with Crippen LogP contribution in [0.2, 0.25) is 0 Å². The number of carbonyl (C=O) groups is 1. The molecule has 0 atom stereocenters. The maximum absolute atomic E-state index is 12.6. The van der Waals surface area contributed by atoms with Crippen LogP contribution in [0.4, 0.5) is 0 Å². The molecule has 0 aromatic heterocycles. The van der Waals surface area contributed by atoms with Crippen LogP contribution in [0.3, 0.4) is 0 Å². The standard InChI is InChI=1S/C17H23IN2O/c18-16-7-3-2-6-15(16)17(21)20-12-8-14(9-13-20)19-10-4-1-5-11-19/h2-3,6-7,14H,1,4-5,8-13H2. The van der Waals surface area contributed by atoms with E-state index in [2.05, 4.69) is 27.5 Å². The van der Waals surface area contributed by atoms with Crippen molar-refractivity contribution in [2.45, 2.75) is 38.1 Å². The van der Waals surface area contributed by atoms with E-state index in [0.717, 1.165) is 35.1 Å². The van der Waals surface area contributed by atoms with Crippen molar-refractivity contribution in [3.8, 4) is 0 Å². The number of halogens is 1. The molecule has 3 nitrogen and oxygen atoms in total. The summed E-state index contributed by atoms with van der Waals surface area (Å²) in [4.78, 5) is 17.3. The van der Waals surface area contributed by atoms with Crippen LogP contribution in [0.1, 0.15) is 42.5 Å². The zero-order valence-corrected chi connectivity index (χ0v) is 14.6. The molecule has 0 bridgehead atoms. The zero-order chi connectivity index (χ0) is 14.7. The molecule has 0 spiro atoms. The fourth-order valence-corrected chi connectivity index (χ4v) is 4.14. The molecule has 0 saturated carbocycles. The van der Waals surface area contributed by atoms with Crippen LogP contribution >= 0.6 is 22.6 Å². The van der Waals surface area contributed by atoms with Gasteiger partial charge in [-0.2, -0.15) is 0 Å². The summed E-state index contributed by atoms with van der Waals surface area (Å²) < 4.78 is 1.05. The molecule has 0 radical (unpaired) electrons. The zero-order valence-electron chi connectivity index (χ0n) is 12.4. The molecule has 0 aliphatic carbocycles. The minimum Gasteiger partial charge on any atom is -0.338 e. The Balaban J connectivity index is 1.58. The van der Waals surface area contributed by atoms with Gasteiger partial charge in [-0.05, 0) is 73.5 Å². The molecule has 2 fully saturated rings. The lowest BCUT2D eigenvalue weighted by Crippen LogP contribution is -2.48. The summed E-state index contributed by atoms with van der Waals surface area (Å²) in [6.45, 7) is 4.33. The number of likely N-dealkylation sites (tertiary alicyclic amines) is 2. The van der Waals surface area contributed by atoms with Gasteiger partial charge in [0.1, 0.15) is 0 Å². The summed E-state index contributed by atoms with van der Waals surface area (Å²) in [6.07, 6.45) is 6.35. The number of hydrogen-bond donors (Lipinski definition) is 0. The van der Waals surface area contributed by atoms with Gasteiger partial charge in [0.2, 0.25) is 0 Å². The van der Waals surface area contributed by atoms with E-state index < -0.39 is 0 Å². The van der Waals surface area contributed by atoms with Gasteiger partial charge in [-0.25, -0.2) is 0 Å². The normalized spacial score (nSPS) is 21.5. The minimum atomic E-state index is 0.206. The maximum Gasteiger partial charge on any atom is 0.254 e. The van der Waals surface area contributed by atoms with Gasteiger partial charge in [-0.3, -0.25) is 4.79 Å². The van der Waals surface area contributed by atoms with E-state index in [9.17, 15) is 4.79 Å². The molecular formula is C17H23IN2O. The molecule has 0 unspecified atom stereocenters. The second kappa shape index (κ2) is 7.09. The average molecular weight is 398 g/mol. The van der Waals surface area contributed by atoms with E-state index in [1.807, 2.05) is 29.2 Å². The Bertz CT molecular complexity index is 491. The fraction of sp³-hybridized carbons (Fsp3) is 0.588. The summed E-state index contributed by atoms with van der Waals surface area (Å²) in [5, 5.41) is 0. The highest BCUT2D eigenvalue weighted by Gasteiger charge is 2.28. The van der Waals surface area contributed by atoms with Gasteiger partial charge < -0.3 is 9.80 Å². The number of amides is 1. The first-order valence-electron chi connectivity index (χ1n) is 8.03. The van der Waals surface area contributed by atoms with Crippen LogP contribution in [-0.4, -0.2) is 47.9 Å². The highest BCUT2D eigenvalue weighted by atomic mass is 127. The second-order valence-electron chi connectivity index (χ2n) is 6.10. The molecule has 2 heterocycles.